The topological polar surface area (TPSA) is 96.0 Å². The molecule has 2 aliphatic rings. The molecule has 0 unspecified atom stereocenters. The van der Waals surface area contributed by atoms with Gasteiger partial charge in [0, 0.05) is 17.6 Å². The quantitative estimate of drug-likeness (QED) is 0.753. The van der Waals surface area contributed by atoms with Crippen LogP contribution >= 0.6 is 11.8 Å². The summed E-state index contributed by atoms with van der Waals surface area (Å²) in [5.41, 5.74) is 0.939. The Hall–Kier alpha value is -1.87. The van der Waals surface area contributed by atoms with Gasteiger partial charge in [0.2, 0.25) is 11.1 Å². The van der Waals surface area contributed by atoms with Gasteiger partial charge in [0.05, 0.1) is 17.3 Å². The van der Waals surface area contributed by atoms with Crippen LogP contribution in [0.4, 0.5) is 0 Å². The van der Waals surface area contributed by atoms with E-state index in [2.05, 4.69) is 15.2 Å². The van der Waals surface area contributed by atoms with Crippen LogP contribution in [0.25, 0.3) is 11.4 Å². The molecule has 2 heterocycles. The Labute approximate surface area is 156 Å². The number of nitrogens with one attached hydrogen (secondary N) is 1. The number of rotatable bonds is 6. The minimum Gasteiger partial charge on any atom is -0.335 e. The van der Waals surface area contributed by atoms with Gasteiger partial charge in [-0.25, -0.2) is 13.4 Å². The molecular weight excluding hydrogens is 372 g/mol. The molecule has 2 fully saturated rings. The monoisotopic (exact) mass is 392 g/mol. The molecule has 0 radical (unpaired) electrons. The minimum atomic E-state index is -3.00. The van der Waals surface area contributed by atoms with Gasteiger partial charge >= 0.3 is 0 Å². The van der Waals surface area contributed by atoms with Crippen molar-refractivity contribution in [3.05, 3.63) is 30.3 Å². The number of aromatic nitrogens is 3. The predicted octanol–water partition coefficient (Wildman–Crippen LogP) is 1.74. The molecule has 1 saturated heterocycles. The van der Waals surface area contributed by atoms with Gasteiger partial charge in [-0.2, -0.15) is 0 Å². The van der Waals surface area contributed by atoms with E-state index in [4.69, 9.17) is 0 Å². The second-order valence-corrected chi connectivity index (χ2v) is 9.88. The highest BCUT2D eigenvalue weighted by Crippen LogP contribution is 2.33. The highest BCUT2D eigenvalue weighted by Gasteiger charge is 2.41. The lowest BCUT2D eigenvalue weighted by Crippen LogP contribution is -2.43. The molecule has 138 valence electrons. The molecule has 7 nitrogen and oxygen atoms in total. The van der Waals surface area contributed by atoms with Crippen LogP contribution in [0.2, 0.25) is 0 Å². The van der Waals surface area contributed by atoms with E-state index >= 15 is 0 Å². The first-order chi connectivity index (χ1) is 12.5. The first-order valence-corrected chi connectivity index (χ1v) is 11.4. The lowest BCUT2D eigenvalue weighted by Gasteiger charge is -2.28. The molecule has 1 aromatic carbocycles. The third kappa shape index (κ3) is 3.93. The first kappa shape index (κ1) is 17.5. The number of aromatic amines is 1. The van der Waals surface area contributed by atoms with E-state index in [1.165, 1.54) is 11.8 Å². The van der Waals surface area contributed by atoms with Crippen molar-refractivity contribution in [2.75, 3.05) is 17.3 Å². The SMILES string of the molecule is O=C(CSc1n[nH]c(-c2ccccc2)n1)N(C1CC1)[C@H]1CCS(=O)(=O)C1. The van der Waals surface area contributed by atoms with E-state index in [1.54, 1.807) is 0 Å². The third-order valence-electron chi connectivity index (χ3n) is 4.67. The molecule has 1 aliphatic carbocycles. The van der Waals surface area contributed by atoms with E-state index in [9.17, 15) is 13.2 Å². The van der Waals surface area contributed by atoms with Gasteiger partial charge in [-0.05, 0) is 19.3 Å². The zero-order valence-corrected chi connectivity index (χ0v) is 15.8. The Morgan fingerprint density at radius 3 is 2.62 bits per heavy atom. The van der Waals surface area contributed by atoms with Gasteiger partial charge in [0.1, 0.15) is 0 Å². The Bertz CT molecular complexity index is 894. The van der Waals surface area contributed by atoms with E-state index in [0.29, 0.717) is 17.4 Å². The van der Waals surface area contributed by atoms with Crippen LogP contribution < -0.4 is 0 Å². The van der Waals surface area contributed by atoms with Gasteiger partial charge in [-0.15, -0.1) is 5.10 Å². The summed E-state index contributed by atoms with van der Waals surface area (Å²) in [5, 5.41) is 7.58. The lowest BCUT2D eigenvalue weighted by atomic mass is 10.2. The standard InChI is InChI=1S/C17H20N4O3S2/c22-15(21(13-6-7-13)14-8-9-26(23,24)11-14)10-25-17-18-16(19-20-17)12-4-2-1-3-5-12/h1-5,13-14H,6-11H2,(H,18,19,20)/t14-/m0/s1. The highest BCUT2D eigenvalue weighted by molar-refractivity contribution is 7.99. The Balaban J connectivity index is 1.39. The molecule has 1 aliphatic heterocycles. The number of benzene rings is 1. The summed E-state index contributed by atoms with van der Waals surface area (Å²) in [5.74, 6) is 1.15. The molecule has 2 aromatic rings. The van der Waals surface area contributed by atoms with E-state index in [-0.39, 0.29) is 35.2 Å². The average Bonchev–Trinajstić information content (AvgIpc) is 3.22. The van der Waals surface area contributed by atoms with Crippen molar-refractivity contribution in [2.24, 2.45) is 0 Å². The van der Waals surface area contributed by atoms with Crippen LogP contribution in [-0.4, -0.2) is 63.7 Å². The van der Waals surface area contributed by atoms with E-state index in [0.717, 1.165) is 18.4 Å². The number of carbonyl (C=O) groups is 1. The summed E-state index contributed by atoms with van der Waals surface area (Å²) in [6, 6.07) is 9.70. The van der Waals surface area contributed by atoms with Gasteiger partial charge in [-0.1, -0.05) is 42.1 Å². The molecule has 0 spiro atoms. The van der Waals surface area contributed by atoms with Crippen molar-refractivity contribution in [3.8, 4) is 11.4 Å². The normalized spacial score (nSPS) is 21.6. The van der Waals surface area contributed by atoms with Gasteiger partial charge in [0.15, 0.2) is 15.7 Å². The number of thioether (sulfide) groups is 1. The third-order valence-corrected chi connectivity index (χ3v) is 7.25. The summed E-state index contributed by atoms with van der Waals surface area (Å²) >= 11 is 1.28. The Kier molecular flexibility index (Phi) is 4.74. The molecule has 1 aromatic heterocycles. The van der Waals surface area contributed by atoms with E-state index in [1.807, 2.05) is 35.2 Å². The number of carbonyl (C=O) groups excluding carboxylic acids is 1. The maximum atomic E-state index is 12.7. The number of hydrogen-bond donors (Lipinski definition) is 1. The van der Waals surface area contributed by atoms with Crippen molar-refractivity contribution >= 4 is 27.5 Å². The van der Waals surface area contributed by atoms with Crippen LogP contribution in [0.3, 0.4) is 0 Å². The second kappa shape index (κ2) is 7.03. The molecule has 26 heavy (non-hydrogen) atoms. The van der Waals surface area contributed by atoms with Crippen LogP contribution in [0.1, 0.15) is 19.3 Å². The molecule has 1 atom stereocenters. The van der Waals surface area contributed by atoms with Crippen LogP contribution in [-0.2, 0) is 14.6 Å². The summed E-state index contributed by atoms with van der Waals surface area (Å²) in [4.78, 5) is 18.9. The van der Waals surface area contributed by atoms with Crippen LogP contribution in [0.5, 0.6) is 0 Å². The number of hydrogen-bond acceptors (Lipinski definition) is 6. The Morgan fingerprint density at radius 1 is 1.19 bits per heavy atom. The van der Waals surface area contributed by atoms with E-state index < -0.39 is 9.84 Å². The molecule has 1 N–H and O–H groups in total. The summed E-state index contributed by atoms with van der Waals surface area (Å²) < 4.78 is 23.5. The first-order valence-electron chi connectivity index (χ1n) is 8.64. The molecule has 0 bridgehead atoms. The molecule has 9 heteroatoms. The number of H-pyrrole nitrogens is 1. The largest absolute Gasteiger partial charge is 0.335 e. The number of nitrogens with zero attached hydrogens (tertiary/aromatic N) is 3. The second-order valence-electron chi connectivity index (χ2n) is 6.71. The summed E-state index contributed by atoms with van der Waals surface area (Å²) in [7, 11) is -3.00. The van der Waals surface area contributed by atoms with Crippen molar-refractivity contribution in [1.29, 1.82) is 0 Å². The minimum absolute atomic E-state index is 0.0225. The fourth-order valence-electron chi connectivity index (χ4n) is 3.29. The van der Waals surface area contributed by atoms with Gasteiger partial charge in [-0.3, -0.25) is 9.89 Å². The molecule has 1 amide bonds. The fraction of sp³-hybridized carbons (Fsp3) is 0.471. The zero-order valence-electron chi connectivity index (χ0n) is 14.2. The zero-order chi connectivity index (χ0) is 18.1. The predicted molar refractivity (Wildman–Crippen MR) is 99.5 cm³/mol. The summed E-state index contributed by atoms with van der Waals surface area (Å²) in [6.45, 7) is 0. The van der Waals surface area contributed by atoms with Gasteiger partial charge < -0.3 is 4.90 Å². The van der Waals surface area contributed by atoms with Crippen molar-refractivity contribution < 1.29 is 13.2 Å². The molecule has 1 saturated carbocycles. The lowest BCUT2D eigenvalue weighted by molar-refractivity contribution is -0.130. The Morgan fingerprint density at radius 2 is 1.96 bits per heavy atom. The summed E-state index contributed by atoms with van der Waals surface area (Å²) in [6.07, 6.45) is 2.48. The fourth-order valence-corrected chi connectivity index (χ4v) is 5.67. The average molecular weight is 393 g/mol. The van der Waals surface area contributed by atoms with Gasteiger partial charge in [0.25, 0.3) is 0 Å². The number of amides is 1. The highest BCUT2D eigenvalue weighted by atomic mass is 32.2. The van der Waals surface area contributed by atoms with Crippen molar-refractivity contribution in [3.63, 3.8) is 0 Å². The smallest absolute Gasteiger partial charge is 0.233 e. The van der Waals surface area contributed by atoms with Crippen molar-refractivity contribution in [1.82, 2.24) is 20.1 Å². The number of sulfone groups is 1. The maximum absolute atomic E-state index is 12.7. The van der Waals surface area contributed by atoms with Crippen molar-refractivity contribution in [2.45, 2.75) is 36.5 Å². The molecular formula is C17H20N4O3S2. The van der Waals surface area contributed by atoms with Crippen LogP contribution in [0, 0.1) is 0 Å². The maximum Gasteiger partial charge on any atom is 0.233 e. The molecule has 4 rings (SSSR count). The van der Waals surface area contributed by atoms with Crippen LogP contribution in [0.15, 0.2) is 35.5 Å².